The van der Waals surface area contributed by atoms with E-state index < -0.39 is 0 Å². The molecule has 6 nitrogen and oxygen atoms in total. The molecule has 0 bridgehead atoms. The fourth-order valence-corrected chi connectivity index (χ4v) is 4.36. The molecule has 7 heteroatoms. The third-order valence-corrected chi connectivity index (χ3v) is 6.28. The van der Waals surface area contributed by atoms with Gasteiger partial charge in [0.1, 0.15) is 4.83 Å². The highest BCUT2D eigenvalue weighted by Crippen LogP contribution is 2.36. The lowest BCUT2D eigenvalue weighted by atomic mass is 10.0. The number of carbonyl (C=O) groups excluding carboxylic acids is 1. The Morgan fingerprint density at radius 2 is 1.81 bits per heavy atom. The molecule has 0 fully saturated rings. The van der Waals surface area contributed by atoms with E-state index in [0.717, 1.165) is 22.3 Å². The molecule has 0 saturated heterocycles. The van der Waals surface area contributed by atoms with Crippen LogP contribution in [0.3, 0.4) is 0 Å². The van der Waals surface area contributed by atoms with Gasteiger partial charge in [-0.2, -0.15) is 0 Å². The van der Waals surface area contributed by atoms with Crippen LogP contribution < -0.4 is 15.0 Å². The normalized spacial score (nSPS) is 11.0. The smallest absolute Gasteiger partial charge is 0.263 e. The zero-order valence-electron chi connectivity index (χ0n) is 17.8. The van der Waals surface area contributed by atoms with Crippen LogP contribution in [-0.2, 0) is 6.54 Å². The summed E-state index contributed by atoms with van der Waals surface area (Å²) >= 11 is 1.39. The van der Waals surface area contributed by atoms with E-state index >= 15 is 0 Å². The number of thiophene rings is 1. The quantitative estimate of drug-likeness (QED) is 0.414. The van der Waals surface area contributed by atoms with Gasteiger partial charge < -0.3 is 9.47 Å². The van der Waals surface area contributed by atoms with Gasteiger partial charge >= 0.3 is 0 Å². The van der Waals surface area contributed by atoms with Gasteiger partial charge in [0.25, 0.3) is 5.56 Å². The average molecular weight is 435 g/mol. The van der Waals surface area contributed by atoms with Gasteiger partial charge in [0.05, 0.1) is 32.5 Å². The van der Waals surface area contributed by atoms with E-state index in [1.54, 1.807) is 26.4 Å². The Labute approximate surface area is 183 Å². The maximum atomic E-state index is 13.3. The van der Waals surface area contributed by atoms with Gasteiger partial charge in [0.15, 0.2) is 17.3 Å². The lowest BCUT2D eigenvalue weighted by molar-refractivity contribution is 0.0970. The Bertz CT molecular complexity index is 1350. The van der Waals surface area contributed by atoms with Crippen molar-refractivity contribution in [3.05, 3.63) is 75.1 Å². The highest BCUT2D eigenvalue weighted by atomic mass is 32.1. The van der Waals surface area contributed by atoms with Gasteiger partial charge in [0, 0.05) is 16.5 Å². The molecule has 2 aromatic heterocycles. The lowest BCUT2D eigenvalue weighted by Gasteiger charge is -2.10. The van der Waals surface area contributed by atoms with Crippen molar-refractivity contribution in [2.75, 3.05) is 14.2 Å². The first-order valence-corrected chi connectivity index (χ1v) is 10.6. The second-order valence-electron chi connectivity index (χ2n) is 7.30. The first kappa shape index (κ1) is 20.8. The summed E-state index contributed by atoms with van der Waals surface area (Å²) in [5, 5.41) is 2.39. The van der Waals surface area contributed by atoms with Gasteiger partial charge in [-0.05, 0) is 48.7 Å². The Morgan fingerprint density at radius 3 is 2.52 bits per heavy atom. The van der Waals surface area contributed by atoms with Gasteiger partial charge in [-0.1, -0.05) is 18.2 Å². The van der Waals surface area contributed by atoms with Crippen molar-refractivity contribution in [1.82, 2.24) is 9.55 Å². The molecule has 4 aromatic rings. The molecule has 4 rings (SSSR count). The number of aryl methyl sites for hydroxylation is 2. The SMILES string of the molecule is COc1ccc(-c2csc3ncn(CC(=O)c4ccc(C)c(C)c4)c(=O)c23)cc1OC. The molecular weight excluding hydrogens is 412 g/mol. The molecule has 0 aliphatic rings. The first-order valence-electron chi connectivity index (χ1n) is 9.72. The minimum atomic E-state index is -0.242. The third kappa shape index (κ3) is 3.84. The number of hydrogen-bond acceptors (Lipinski definition) is 6. The Kier molecular flexibility index (Phi) is 5.61. The van der Waals surface area contributed by atoms with Crippen molar-refractivity contribution < 1.29 is 14.3 Å². The number of ether oxygens (including phenoxy) is 2. The molecular formula is C24H22N2O4S. The van der Waals surface area contributed by atoms with Crippen molar-refractivity contribution >= 4 is 27.3 Å². The van der Waals surface area contributed by atoms with Gasteiger partial charge in [-0.3, -0.25) is 14.2 Å². The fraction of sp³-hybridized carbons (Fsp3) is 0.208. The summed E-state index contributed by atoms with van der Waals surface area (Å²) in [6.45, 7) is 3.90. The molecule has 0 unspecified atom stereocenters. The van der Waals surface area contributed by atoms with Gasteiger partial charge in [0.2, 0.25) is 0 Å². The molecule has 158 valence electrons. The molecule has 0 spiro atoms. The Hall–Kier alpha value is -3.45. The van der Waals surface area contributed by atoms with E-state index in [9.17, 15) is 9.59 Å². The summed E-state index contributed by atoms with van der Waals surface area (Å²) in [6, 6.07) is 11.1. The van der Waals surface area contributed by atoms with Gasteiger partial charge in [-0.25, -0.2) is 4.98 Å². The van der Waals surface area contributed by atoms with Crippen LogP contribution in [0.5, 0.6) is 11.5 Å². The average Bonchev–Trinajstić information content (AvgIpc) is 3.22. The second-order valence-corrected chi connectivity index (χ2v) is 8.16. The summed E-state index contributed by atoms with van der Waals surface area (Å²) in [4.78, 5) is 31.1. The Balaban J connectivity index is 1.75. The largest absolute Gasteiger partial charge is 0.493 e. The van der Waals surface area contributed by atoms with E-state index in [-0.39, 0.29) is 17.9 Å². The van der Waals surface area contributed by atoms with Gasteiger partial charge in [-0.15, -0.1) is 11.3 Å². The van der Waals surface area contributed by atoms with E-state index in [0.29, 0.717) is 27.3 Å². The first-order chi connectivity index (χ1) is 14.9. The highest BCUT2D eigenvalue weighted by Gasteiger charge is 2.17. The van der Waals surface area contributed by atoms with E-state index in [2.05, 4.69) is 4.98 Å². The number of fused-ring (bicyclic) bond motifs is 1. The number of Topliss-reactive ketones (excluding diaryl/α,β-unsaturated/α-hetero) is 1. The number of methoxy groups -OCH3 is 2. The van der Waals surface area contributed by atoms with Crippen molar-refractivity contribution in [1.29, 1.82) is 0 Å². The van der Waals surface area contributed by atoms with Crippen LogP contribution >= 0.6 is 11.3 Å². The molecule has 0 atom stereocenters. The molecule has 0 saturated carbocycles. The number of ketones is 1. The van der Waals surface area contributed by atoms with E-state index in [4.69, 9.17) is 9.47 Å². The van der Waals surface area contributed by atoms with Crippen LogP contribution in [0.1, 0.15) is 21.5 Å². The van der Waals surface area contributed by atoms with Crippen LogP contribution in [0.15, 0.2) is 52.9 Å². The molecule has 0 N–H and O–H groups in total. The summed E-state index contributed by atoms with van der Waals surface area (Å²) < 4.78 is 12.1. The third-order valence-electron chi connectivity index (χ3n) is 5.40. The van der Waals surface area contributed by atoms with E-state index in [1.807, 2.05) is 43.5 Å². The standard InChI is InChI=1S/C24H22N2O4S/c1-14-5-6-17(9-15(14)2)19(27)11-26-13-25-23-22(24(26)28)18(12-31-23)16-7-8-20(29-3)21(10-16)30-4/h5-10,12-13H,11H2,1-4H3. The van der Waals surface area contributed by atoms with Crippen molar-refractivity contribution in [3.63, 3.8) is 0 Å². The summed E-state index contributed by atoms with van der Waals surface area (Å²) in [5.74, 6) is 1.06. The molecule has 0 aliphatic heterocycles. The number of carbonyl (C=O) groups is 1. The van der Waals surface area contributed by atoms with Crippen molar-refractivity contribution in [3.8, 4) is 22.6 Å². The van der Waals surface area contributed by atoms with Crippen LogP contribution in [0.25, 0.3) is 21.3 Å². The number of benzene rings is 2. The topological polar surface area (TPSA) is 70.4 Å². The lowest BCUT2D eigenvalue weighted by Crippen LogP contribution is -2.24. The predicted octanol–water partition coefficient (Wildman–Crippen LogP) is 4.64. The number of aromatic nitrogens is 2. The molecule has 0 amide bonds. The maximum Gasteiger partial charge on any atom is 0.263 e. The summed E-state index contributed by atoms with van der Waals surface area (Å²) in [6.07, 6.45) is 1.44. The maximum absolute atomic E-state index is 13.3. The predicted molar refractivity (Wildman–Crippen MR) is 123 cm³/mol. The van der Waals surface area contributed by atoms with Crippen LogP contribution in [0.2, 0.25) is 0 Å². The van der Waals surface area contributed by atoms with Crippen LogP contribution in [-0.4, -0.2) is 29.6 Å². The molecule has 31 heavy (non-hydrogen) atoms. The zero-order valence-corrected chi connectivity index (χ0v) is 18.6. The number of hydrogen-bond donors (Lipinski definition) is 0. The Morgan fingerprint density at radius 1 is 1.03 bits per heavy atom. The minimum Gasteiger partial charge on any atom is -0.493 e. The molecule has 0 aliphatic carbocycles. The number of nitrogens with zero attached hydrogens (tertiary/aromatic N) is 2. The van der Waals surface area contributed by atoms with E-state index in [1.165, 1.54) is 22.2 Å². The molecule has 0 radical (unpaired) electrons. The minimum absolute atomic E-state index is 0.0640. The fourth-order valence-electron chi connectivity index (χ4n) is 3.46. The molecule has 2 aromatic carbocycles. The summed E-state index contributed by atoms with van der Waals surface area (Å²) in [5.41, 5.74) is 4.08. The van der Waals surface area contributed by atoms with Crippen LogP contribution in [0, 0.1) is 13.8 Å². The van der Waals surface area contributed by atoms with Crippen molar-refractivity contribution in [2.45, 2.75) is 20.4 Å². The zero-order chi connectivity index (χ0) is 22.1. The second kappa shape index (κ2) is 8.35. The van der Waals surface area contributed by atoms with Crippen LogP contribution in [0.4, 0.5) is 0 Å². The summed E-state index contributed by atoms with van der Waals surface area (Å²) in [7, 11) is 3.15. The number of rotatable bonds is 6. The molecule has 2 heterocycles. The van der Waals surface area contributed by atoms with Crippen molar-refractivity contribution in [2.24, 2.45) is 0 Å². The highest BCUT2D eigenvalue weighted by molar-refractivity contribution is 7.17. The monoisotopic (exact) mass is 434 g/mol.